The van der Waals surface area contributed by atoms with Crippen molar-refractivity contribution in [1.82, 2.24) is 5.32 Å². The topological polar surface area (TPSA) is 82.1 Å². The molecule has 1 aliphatic rings. The first kappa shape index (κ1) is 9.28. The van der Waals surface area contributed by atoms with Crippen molar-refractivity contribution in [2.45, 2.75) is 25.0 Å². The van der Waals surface area contributed by atoms with Crippen molar-refractivity contribution >= 4 is 6.09 Å². The maximum atomic E-state index is 10.2. The number of aliphatic hydroxyl groups excluding tert-OH is 1. The quantitative estimate of drug-likeness (QED) is 0.505. The molecule has 1 fully saturated rings. The highest BCUT2D eigenvalue weighted by Gasteiger charge is 2.23. The molecule has 0 radical (unpaired) electrons. The lowest BCUT2D eigenvalue weighted by atomic mass is 10.1. The number of hydrogen-bond acceptors (Lipinski definition) is 3. The fourth-order valence-corrected chi connectivity index (χ4v) is 1.01. The van der Waals surface area contributed by atoms with Crippen LogP contribution in [0.3, 0.4) is 0 Å². The van der Waals surface area contributed by atoms with Gasteiger partial charge < -0.3 is 20.3 Å². The Hall–Kier alpha value is -0.810. The standard InChI is InChI=1S/C7H13NO4/c9-3-5(8-7(10)11)1-2-6-4-12-6/h5-6,8-9H,1-4H2,(H,10,11). The zero-order valence-corrected chi connectivity index (χ0v) is 6.69. The summed E-state index contributed by atoms with van der Waals surface area (Å²) < 4.78 is 4.95. The van der Waals surface area contributed by atoms with E-state index in [2.05, 4.69) is 5.32 Å². The largest absolute Gasteiger partial charge is 0.465 e. The van der Waals surface area contributed by atoms with Crippen LogP contribution in [0.4, 0.5) is 4.79 Å². The number of nitrogens with one attached hydrogen (secondary N) is 1. The fraction of sp³-hybridized carbons (Fsp3) is 0.857. The van der Waals surface area contributed by atoms with Crippen LogP contribution in [0.25, 0.3) is 0 Å². The van der Waals surface area contributed by atoms with E-state index in [4.69, 9.17) is 14.9 Å². The second-order valence-corrected chi connectivity index (χ2v) is 2.86. The monoisotopic (exact) mass is 175 g/mol. The second-order valence-electron chi connectivity index (χ2n) is 2.86. The molecule has 1 saturated heterocycles. The maximum absolute atomic E-state index is 10.2. The first-order valence-corrected chi connectivity index (χ1v) is 3.94. The molecule has 0 aromatic carbocycles. The number of amides is 1. The molecule has 1 amide bonds. The predicted molar refractivity (Wildman–Crippen MR) is 41.0 cm³/mol. The summed E-state index contributed by atoms with van der Waals surface area (Å²) in [7, 11) is 0. The van der Waals surface area contributed by atoms with Crippen molar-refractivity contribution in [2.75, 3.05) is 13.2 Å². The molecule has 3 N–H and O–H groups in total. The molecule has 12 heavy (non-hydrogen) atoms. The van der Waals surface area contributed by atoms with Gasteiger partial charge in [-0.2, -0.15) is 0 Å². The minimum atomic E-state index is -1.09. The van der Waals surface area contributed by atoms with Crippen LogP contribution in [-0.2, 0) is 4.74 Å². The van der Waals surface area contributed by atoms with Crippen LogP contribution in [0.5, 0.6) is 0 Å². The third kappa shape index (κ3) is 3.54. The van der Waals surface area contributed by atoms with Crippen molar-refractivity contribution < 1.29 is 19.7 Å². The summed E-state index contributed by atoms with van der Waals surface area (Å²) in [5.41, 5.74) is 0. The van der Waals surface area contributed by atoms with E-state index in [-0.39, 0.29) is 18.8 Å². The van der Waals surface area contributed by atoms with E-state index in [1.807, 2.05) is 0 Å². The molecule has 0 aromatic heterocycles. The zero-order valence-electron chi connectivity index (χ0n) is 6.69. The van der Waals surface area contributed by atoms with Crippen molar-refractivity contribution in [1.29, 1.82) is 0 Å². The predicted octanol–water partition coefficient (Wildman–Crippen LogP) is -0.206. The Morgan fingerprint density at radius 1 is 1.75 bits per heavy atom. The van der Waals surface area contributed by atoms with Crippen molar-refractivity contribution in [3.05, 3.63) is 0 Å². The molecule has 70 valence electrons. The average molecular weight is 175 g/mol. The van der Waals surface area contributed by atoms with Crippen LogP contribution in [0.1, 0.15) is 12.8 Å². The maximum Gasteiger partial charge on any atom is 0.404 e. The van der Waals surface area contributed by atoms with Crippen LogP contribution in [0.2, 0.25) is 0 Å². The molecule has 0 saturated carbocycles. The third-order valence-corrected chi connectivity index (χ3v) is 1.79. The van der Waals surface area contributed by atoms with Gasteiger partial charge in [-0.25, -0.2) is 4.79 Å². The van der Waals surface area contributed by atoms with Gasteiger partial charge in [0.25, 0.3) is 0 Å². The minimum absolute atomic E-state index is 0.154. The van der Waals surface area contributed by atoms with E-state index in [0.717, 1.165) is 13.0 Å². The Bertz CT molecular complexity index is 157. The Morgan fingerprint density at radius 3 is 2.83 bits per heavy atom. The van der Waals surface area contributed by atoms with Gasteiger partial charge in [0.15, 0.2) is 0 Å². The highest BCUT2D eigenvalue weighted by Crippen LogP contribution is 2.16. The third-order valence-electron chi connectivity index (χ3n) is 1.79. The van der Waals surface area contributed by atoms with Gasteiger partial charge in [-0.05, 0) is 12.8 Å². The number of hydrogen-bond donors (Lipinski definition) is 3. The summed E-state index contributed by atoms with van der Waals surface area (Å²) >= 11 is 0. The minimum Gasteiger partial charge on any atom is -0.465 e. The summed E-state index contributed by atoms with van der Waals surface area (Å²) in [6, 6.07) is -0.355. The van der Waals surface area contributed by atoms with E-state index in [9.17, 15) is 4.79 Å². The van der Waals surface area contributed by atoms with Gasteiger partial charge in [0, 0.05) is 0 Å². The van der Waals surface area contributed by atoms with E-state index in [1.54, 1.807) is 0 Å². The zero-order chi connectivity index (χ0) is 8.97. The first-order chi connectivity index (χ1) is 5.72. The van der Waals surface area contributed by atoms with Crippen molar-refractivity contribution in [3.8, 4) is 0 Å². The fourth-order valence-electron chi connectivity index (χ4n) is 1.01. The lowest BCUT2D eigenvalue weighted by molar-refractivity contribution is 0.174. The molecule has 1 heterocycles. The molecule has 0 aromatic rings. The number of carboxylic acid groups (broad SMARTS) is 1. The number of rotatable bonds is 5. The molecule has 2 atom stereocenters. The molecule has 5 nitrogen and oxygen atoms in total. The molecule has 0 aliphatic carbocycles. The highest BCUT2D eigenvalue weighted by molar-refractivity contribution is 5.64. The number of aliphatic hydroxyl groups is 1. The Labute approximate surface area is 70.3 Å². The van der Waals surface area contributed by atoms with Crippen molar-refractivity contribution in [2.24, 2.45) is 0 Å². The van der Waals surface area contributed by atoms with Gasteiger partial charge in [-0.3, -0.25) is 0 Å². The molecule has 5 heteroatoms. The van der Waals surface area contributed by atoms with Crippen LogP contribution >= 0.6 is 0 Å². The molecule has 0 bridgehead atoms. The molecule has 2 unspecified atom stereocenters. The van der Waals surface area contributed by atoms with E-state index < -0.39 is 6.09 Å². The van der Waals surface area contributed by atoms with Gasteiger partial charge in [-0.1, -0.05) is 0 Å². The normalized spacial score (nSPS) is 23.2. The van der Waals surface area contributed by atoms with Crippen LogP contribution in [0.15, 0.2) is 0 Å². The molecule has 1 rings (SSSR count). The first-order valence-electron chi connectivity index (χ1n) is 3.94. The van der Waals surface area contributed by atoms with Gasteiger partial charge in [0.2, 0.25) is 0 Å². The van der Waals surface area contributed by atoms with Crippen molar-refractivity contribution in [3.63, 3.8) is 0 Å². The smallest absolute Gasteiger partial charge is 0.404 e. The Morgan fingerprint density at radius 2 is 2.42 bits per heavy atom. The SMILES string of the molecule is O=C(O)NC(CO)CCC1CO1. The lowest BCUT2D eigenvalue weighted by Crippen LogP contribution is -2.36. The van der Waals surface area contributed by atoms with Crippen LogP contribution in [-0.4, -0.2) is 41.7 Å². The van der Waals surface area contributed by atoms with E-state index in [1.165, 1.54) is 0 Å². The van der Waals surface area contributed by atoms with Gasteiger partial charge in [0.1, 0.15) is 0 Å². The molecule has 0 spiro atoms. The van der Waals surface area contributed by atoms with Gasteiger partial charge in [-0.15, -0.1) is 0 Å². The molecule has 1 aliphatic heterocycles. The summed E-state index contributed by atoms with van der Waals surface area (Å²) in [5.74, 6) is 0. The average Bonchev–Trinajstić information content (AvgIpc) is 2.80. The number of epoxide rings is 1. The lowest BCUT2D eigenvalue weighted by Gasteiger charge is -2.12. The summed E-state index contributed by atoms with van der Waals surface area (Å²) in [5, 5.41) is 19.3. The van der Waals surface area contributed by atoms with E-state index in [0.29, 0.717) is 6.42 Å². The highest BCUT2D eigenvalue weighted by atomic mass is 16.6. The van der Waals surface area contributed by atoms with Gasteiger partial charge >= 0.3 is 6.09 Å². The Kier molecular flexibility index (Phi) is 3.31. The summed E-state index contributed by atoms with van der Waals surface area (Å²) in [6.45, 7) is 0.615. The molecular formula is C7H13NO4. The van der Waals surface area contributed by atoms with Crippen LogP contribution < -0.4 is 5.32 Å². The van der Waals surface area contributed by atoms with E-state index >= 15 is 0 Å². The van der Waals surface area contributed by atoms with Crippen LogP contribution in [0, 0.1) is 0 Å². The van der Waals surface area contributed by atoms with Gasteiger partial charge in [0.05, 0.1) is 25.4 Å². The summed E-state index contributed by atoms with van der Waals surface area (Å²) in [6.07, 6.45) is 0.638. The Balaban J connectivity index is 2.10. The molecular weight excluding hydrogens is 162 g/mol. The second kappa shape index (κ2) is 4.27. The number of ether oxygens (including phenoxy) is 1. The number of carbonyl (C=O) groups is 1. The summed E-state index contributed by atoms with van der Waals surface area (Å²) in [4.78, 5) is 10.2.